The summed E-state index contributed by atoms with van der Waals surface area (Å²) >= 11 is 6.05. The highest BCUT2D eigenvalue weighted by Crippen LogP contribution is 2.28. The zero-order valence-electron chi connectivity index (χ0n) is 12.7. The summed E-state index contributed by atoms with van der Waals surface area (Å²) in [5, 5.41) is 6.15. The van der Waals surface area contributed by atoms with E-state index in [0.717, 1.165) is 24.8 Å². The lowest BCUT2D eigenvalue weighted by Crippen LogP contribution is -2.58. The fourth-order valence-electron chi connectivity index (χ4n) is 2.86. The Kier molecular flexibility index (Phi) is 5.61. The molecule has 0 atom stereocenters. The molecule has 0 saturated heterocycles. The number of likely N-dealkylation sites (N-methyl/N-ethyl adjacent to an activating group) is 1. The van der Waals surface area contributed by atoms with Crippen LogP contribution in [0.4, 0.5) is 0 Å². The van der Waals surface area contributed by atoms with Gasteiger partial charge in [0.05, 0.1) is 0 Å². The van der Waals surface area contributed by atoms with Gasteiger partial charge in [-0.2, -0.15) is 0 Å². The van der Waals surface area contributed by atoms with E-state index in [0.29, 0.717) is 17.9 Å². The van der Waals surface area contributed by atoms with Gasteiger partial charge in [-0.15, -0.1) is 0 Å². The first-order valence-electron chi connectivity index (χ1n) is 7.54. The van der Waals surface area contributed by atoms with E-state index in [9.17, 15) is 9.59 Å². The van der Waals surface area contributed by atoms with Gasteiger partial charge in [-0.25, -0.2) is 0 Å². The molecule has 0 aromatic heterocycles. The second-order valence-corrected chi connectivity index (χ2v) is 5.97. The number of nitrogens with one attached hydrogen (secondary N) is 2. The minimum Gasteiger partial charge on any atom is -0.357 e. The van der Waals surface area contributed by atoms with E-state index >= 15 is 0 Å². The lowest BCUT2D eigenvalue weighted by atomic mass is 9.81. The molecule has 0 radical (unpaired) electrons. The fourth-order valence-corrected chi connectivity index (χ4v) is 3.06. The third-order valence-electron chi connectivity index (χ3n) is 4.05. The standard InChI is InChI=1S/C17H21ClN2O2/c1-19-16(22)17(11-5-2-6-12-17)20-15(21)10-9-13-7-3-4-8-14(13)18/h3-4,7-10H,2,5-6,11-12H2,1H3,(H,19,22)(H,20,21)/b10-9+. The van der Waals surface area contributed by atoms with Gasteiger partial charge in [-0.3, -0.25) is 9.59 Å². The molecule has 118 valence electrons. The minimum atomic E-state index is -0.783. The normalized spacial score (nSPS) is 17.2. The molecule has 0 bridgehead atoms. The van der Waals surface area contributed by atoms with Crippen LogP contribution in [0.2, 0.25) is 5.02 Å². The van der Waals surface area contributed by atoms with Gasteiger partial charge in [0.2, 0.25) is 11.8 Å². The van der Waals surface area contributed by atoms with Crippen molar-refractivity contribution in [1.82, 2.24) is 10.6 Å². The highest BCUT2D eigenvalue weighted by molar-refractivity contribution is 6.32. The Balaban J connectivity index is 2.08. The van der Waals surface area contributed by atoms with E-state index in [-0.39, 0.29) is 11.8 Å². The molecule has 2 amide bonds. The Morgan fingerprint density at radius 1 is 1.18 bits per heavy atom. The smallest absolute Gasteiger partial charge is 0.245 e. The van der Waals surface area contributed by atoms with Crippen LogP contribution in [-0.2, 0) is 9.59 Å². The largest absolute Gasteiger partial charge is 0.357 e. The zero-order valence-corrected chi connectivity index (χ0v) is 13.5. The number of carbonyl (C=O) groups excluding carboxylic acids is 2. The van der Waals surface area contributed by atoms with Crippen molar-refractivity contribution in [3.8, 4) is 0 Å². The summed E-state index contributed by atoms with van der Waals surface area (Å²) in [6.07, 6.45) is 7.45. The van der Waals surface area contributed by atoms with Crippen molar-refractivity contribution in [2.24, 2.45) is 0 Å². The number of hydrogen-bond donors (Lipinski definition) is 2. The second-order valence-electron chi connectivity index (χ2n) is 5.57. The first kappa shape index (κ1) is 16.6. The van der Waals surface area contributed by atoms with Crippen molar-refractivity contribution in [3.63, 3.8) is 0 Å². The lowest BCUT2D eigenvalue weighted by Gasteiger charge is -2.35. The van der Waals surface area contributed by atoms with E-state index in [4.69, 9.17) is 11.6 Å². The number of benzene rings is 1. The number of halogens is 1. The highest BCUT2D eigenvalue weighted by Gasteiger charge is 2.39. The van der Waals surface area contributed by atoms with Gasteiger partial charge in [0.15, 0.2) is 0 Å². The number of hydrogen-bond acceptors (Lipinski definition) is 2. The molecule has 1 aliphatic carbocycles. The summed E-state index contributed by atoms with van der Waals surface area (Å²) < 4.78 is 0. The van der Waals surface area contributed by atoms with Crippen LogP contribution in [0.25, 0.3) is 6.08 Å². The SMILES string of the molecule is CNC(=O)C1(NC(=O)/C=C/c2ccccc2Cl)CCCCC1. The average molecular weight is 321 g/mol. The van der Waals surface area contributed by atoms with E-state index in [2.05, 4.69) is 10.6 Å². The first-order chi connectivity index (χ1) is 10.6. The van der Waals surface area contributed by atoms with Crippen LogP contribution in [0.1, 0.15) is 37.7 Å². The topological polar surface area (TPSA) is 58.2 Å². The van der Waals surface area contributed by atoms with Crippen LogP contribution in [0, 0.1) is 0 Å². The van der Waals surface area contributed by atoms with E-state index in [1.807, 2.05) is 18.2 Å². The van der Waals surface area contributed by atoms with Crippen molar-refractivity contribution in [1.29, 1.82) is 0 Å². The molecule has 1 aliphatic rings. The molecule has 2 N–H and O–H groups in total. The first-order valence-corrected chi connectivity index (χ1v) is 7.92. The monoisotopic (exact) mass is 320 g/mol. The summed E-state index contributed by atoms with van der Waals surface area (Å²) in [4.78, 5) is 24.4. The Labute approximate surface area is 135 Å². The predicted molar refractivity (Wildman–Crippen MR) is 88.5 cm³/mol. The number of carbonyl (C=O) groups is 2. The predicted octanol–water partition coefficient (Wildman–Crippen LogP) is 2.92. The van der Waals surface area contributed by atoms with Crippen molar-refractivity contribution < 1.29 is 9.59 Å². The second kappa shape index (κ2) is 7.45. The third kappa shape index (κ3) is 3.89. The summed E-state index contributed by atoms with van der Waals surface area (Å²) in [5.74, 6) is -0.392. The van der Waals surface area contributed by atoms with Crippen molar-refractivity contribution in [3.05, 3.63) is 40.9 Å². The molecular weight excluding hydrogens is 300 g/mol. The van der Waals surface area contributed by atoms with Crippen LogP contribution in [0.15, 0.2) is 30.3 Å². The van der Waals surface area contributed by atoms with Gasteiger partial charge in [0.25, 0.3) is 0 Å². The molecule has 22 heavy (non-hydrogen) atoms. The summed E-state index contributed by atoms with van der Waals surface area (Å²) in [6.45, 7) is 0. The van der Waals surface area contributed by atoms with Crippen LogP contribution < -0.4 is 10.6 Å². The molecule has 1 aromatic carbocycles. The Morgan fingerprint density at radius 2 is 1.86 bits per heavy atom. The molecule has 1 saturated carbocycles. The lowest BCUT2D eigenvalue weighted by molar-refractivity contribution is -0.133. The van der Waals surface area contributed by atoms with Gasteiger partial charge >= 0.3 is 0 Å². The minimum absolute atomic E-state index is 0.119. The van der Waals surface area contributed by atoms with Crippen LogP contribution in [0.5, 0.6) is 0 Å². The summed E-state index contributed by atoms with van der Waals surface area (Å²) in [7, 11) is 1.60. The molecular formula is C17H21ClN2O2. The van der Waals surface area contributed by atoms with Gasteiger partial charge in [-0.1, -0.05) is 49.1 Å². The van der Waals surface area contributed by atoms with Crippen LogP contribution >= 0.6 is 11.6 Å². The summed E-state index contributed by atoms with van der Waals surface area (Å²) in [5.41, 5.74) is -0.00787. The Hall–Kier alpha value is -1.81. The summed E-state index contributed by atoms with van der Waals surface area (Å²) in [6, 6.07) is 7.30. The van der Waals surface area contributed by atoms with Gasteiger partial charge < -0.3 is 10.6 Å². The average Bonchev–Trinajstić information content (AvgIpc) is 2.54. The molecule has 1 aromatic rings. The van der Waals surface area contributed by atoms with Crippen molar-refractivity contribution in [2.75, 3.05) is 7.05 Å². The van der Waals surface area contributed by atoms with Crippen LogP contribution in [-0.4, -0.2) is 24.4 Å². The molecule has 0 unspecified atom stereocenters. The quantitative estimate of drug-likeness (QED) is 0.838. The fraction of sp³-hybridized carbons (Fsp3) is 0.412. The van der Waals surface area contributed by atoms with Crippen molar-refractivity contribution in [2.45, 2.75) is 37.6 Å². The molecule has 1 fully saturated rings. The van der Waals surface area contributed by atoms with Gasteiger partial charge in [-0.05, 0) is 30.5 Å². The number of amides is 2. The highest BCUT2D eigenvalue weighted by atomic mass is 35.5. The van der Waals surface area contributed by atoms with Crippen LogP contribution in [0.3, 0.4) is 0 Å². The maximum Gasteiger partial charge on any atom is 0.245 e. The van der Waals surface area contributed by atoms with Gasteiger partial charge in [0.1, 0.15) is 5.54 Å². The maximum atomic E-state index is 12.2. The van der Waals surface area contributed by atoms with E-state index in [1.54, 1.807) is 19.2 Å². The van der Waals surface area contributed by atoms with E-state index in [1.165, 1.54) is 6.08 Å². The molecule has 0 spiro atoms. The zero-order chi connectivity index (χ0) is 16.0. The molecule has 0 aliphatic heterocycles. The Bertz CT molecular complexity index is 578. The third-order valence-corrected chi connectivity index (χ3v) is 4.39. The molecule has 4 nitrogen and oxygen atoms in total. The van der Waals surface area contributed by atoms with E-state index < -0.39 is 5.54 Å². The molecule has 5 heteroatoms. The number of rotatable bonds is 4. The van der Waals surface area contributed by atoms with Gasteiger partial charge in [0, 0.05) is 18.1 Å². The maximum absolute atomic E-state index is 12.2. The Morgan fingerprint density at radius 3 is 2.50 bits per heavy atom. The molecule has 0 heterocycles. The molecule has 2 rings (SSSR count). The van der Waals surface area contributed by atoms with Crippen molar-refractivity contribution >= 4 is 29.5 Å².